The molecular formula is C22H27N3O2. The van der Waals surface area contributed by atoms with Gasteiger partial charge in [-0.1, -0.05) is 36.4 Å². The first-order chi connectivity index (χ1) is 13.2. The molecule has 2 aliphatic heterocycles. The number of aromatic nitrogens is 1. The summed E-state index contributed by atoms with van der Waals surface area (Å²) in [6, 6.07) is 14.2. The molecular weight excluding hydrogens is 338 g/mol. The zero-order valence-electron chi connectivity index (χ0n) is 15.9. The molecule has 0 N–H and O–H groups in total. The topological polar surface area (TPSA) is 45.7 Å². The lowest BCUT2D eigenvalue weighted by molar-refractivity contribution is -0.148. The average molecular weight is 365 g/mol. The van der Waals surface area contributed by atoms with Gasteiger partial charge in [-0.3, -0.25) is 9.69 Å². The third-order valence-corrected chi connectivity index (χ3v) is 5.92. The molecule has 1 aromatic carbocycles. The Morgan fingerprint density at radius 3 is 2.48 bits per heavy atom. The van der Waals surface area contributed by atoms with Crippen LogP contribution in [0.4, 0.5) is 0 Å². The summed E-state index contributed by atoms with van der Waals surface area (Å²) in [6.45, 7) is 3.30. The van der Waals surface area contributed by atoms with Crippen molar-refractivity contribution in [3.63, 3.8) is 0 Å². The molecule has 0 radical (unpaired) electrons. The van der Waals surface area contributed by atoms with Crippen molar-refractivity contribution in [1.82, 2.24) is 14.8 Å². The van der Waals surface area contributed by atoms with Crippen molar-refractivity contribution in [3.8, 4) is 5.88 Å². The standard InChI is InChI=1S/C22H27N3O2/c1-27-20-10-9-19(15-23-20)17-25-14-6-12-22(25)11-5-13-24(21(22)26)16-18-7-3-2-4-8-18/h2-4,7-10,15H,5-6,11-14,16-17H2,1H3. The molecule has 2 aliphatic rings. The van der Waals surface area contributed by atoms with Crippen LogP contribution in [-0.4, -0.2) is 46.4 Å². The third kappa shape index (κ3) is 3.56. The highest BCUT2D eigenvalue weighted by Gasteiger charge is 2.50. The highest BCUT2D eigenvalue weighted by atomic mass is 16.5. The fraction of sp³-hybridized carbons (Fsp3) is 0.455. The van der Waals surface area contributed by atoms with Crippen molar-refractivity contribution >= 4 is 5.91 Å². The minimum atomic E-state index is -0.340. The van der Waals surface area contributed by atoms with Gasteiger partial charge in [0.15, 0.2) is 0 Å². The molecule has 5 nitrogen and oxygen atoms in total. The molecule has 142 valence electrons. The highest BCUT2D eigenvalue weighted by Crippen LogP contribution is 2.39. The van der Waals surface area contributed by atoms with E-state index < -0.39 is 0 Å². The summed E-state index contributed by atoms with van der Waals surface area (Å²) in [6.07, 6.45) is 5.92. The van der Waals surface area contributed by atoms with E-state index in [9.17, 15) is 4.79 Å². The van der Waals surface area contributed by atoms with Crippen LogP contribution >= 0.6 is 0 Å². The second-order valence-electron chi connectivity index (χ2n) is 7.58. The molecule has 1 atom stereocenters. The number of amides is 1. The van der Waals surface area contributed by atoms with Crippen LogP contribution in [0.25, 0.3) is 0 Å². The first-order valence-corrected chi connectivity index (χ1v) is 9.78. The monoisotopic (exact) mass is 365 g/mol. The van der Waals surface area contributed by atoms with Crippen molar-refractivity contribution in [2.24, 2.45) is 0 Å². The Bertz CT molecular complexity index is 778. The first-order valence-electron chi connectivity index (χ1n) is 9.78. The van der Waals surface area contributed by atoms with E-state index in [1.165, 1.54) is 5.56 Å². The molecule has 1 spiro atoms. The molecule has 2 aromatic rings. The van der Waals surface area contributed by atoms with E-state index in [0.29, 0.717) is 18.3 Å². The Kier molecular flexibility index (Phi) is 5.12. The Morgan fingerprint density at radius 2 is 1.78 bits per heavy atom. The van der Waals surface area contributed by atoms with Crippen LogP contribution in [-0.2, 0) is 17.9 Å². The number of rotatable bonds is 5. The van der Waals surface area contributed by atoms with Crippen molar-refractivity contribution in [2.75, 3.05) is 20.2 Å². The van der Waals surface area contributed by atoms with E-state index in [-0.39, 0.29) is 5.54 Å². The maximum atomic E-state index is 13.5. The molecule has 1 unspecified atom stereocenters. The van der Waals surface area contributed by atoms with Gasteiger partial charge in [0.1, 0.15) is 5.54 Å². The second kappa shape index (κ2) is 7.69. The molecule has 1 aromatic heterocycles. The number of likely N-dealkylation sites (tertiary alicyclic amines) is 2. The van der Waals surface area contributed by atoms with Crippen LogP contribution in [0.15, 0.2) is 48.7 Å². The number of hydrogen-bond donors (Lipinski definition) is 0. The van der Waals surface area contributed by atoms with Crippen LogP contribution in [0.5, 0.6) is 5.88 Å². The van der Waals surface area contributed by atoms with E-state index >= 15 is 0 Å². The Morgan fingerprint density at radius 1 is 1.00 bits per heavy atom. The third-order valence-electron chi connectivity index (χ3n) is 5.92. The van der Waals surface area contributed by atoms with Gasteiger partial charge in [-0.15, -0.1) is 0 Å². The van der Waals surface area contributed by atoms with Crippen molar-refractivity contribution < 1.29 is 9.53 Å². The van der Waals surface area contributed by atoms with E-state index in [0.717, 1.165) is 50.9 Å². The van der Waals surface area contributed by atoms with Gasteiger partial charge < -0.3 is 9.64 Å². The van der Waals surface area contributed by atoms with Gasteiger partial charge in [0.25, 0.3) is 0 Å². The van der Waals surface area contributed by atoms with E-state index in [2.05, 4.69) is 26.9 Å². The summed E-state index contributed by atoms with van der Waals surface area (Å²) in [5.74, 6) is 0.925. The van der Waals surface area contributed by atoms with Gasteiger partial charge in [0, 0.05) is 31.9 Å². The zero-order valence-corrected chi connectivity index (χ0v) is 15.9. The summed E-state index contributed by atoms with van der Waals surface area (Å²) >= 11 is 0. The largest absolute Gasteiger partial charge is 0.481 e. The fourth-order valence-electron chi connectivity index (χ4n) is 4.56. The number of benzene rings is 1. The number of hydrogen-bond acceptors (Lipinski definition) is 4. The predicted molar refractivity (Wildman–Crippen MR) is 104 cm³/mol. The summed E-state index contributed by atoms with van der Waals surface area (Å²) in [4.78, 5) is 22.3. The van der Waals surface area contributed by atoms with Crippen molar-refractivity contribution in [1.29, 1.82) is 0 Å². The van der Waals surface area contributed by atoms with Gasteiger partial charge in [-0.05, 0) is 43.4 Å². The van der Waals surface area contributed by atoms with Crippen LogP contribution in [0.3, 0.4) is 0 Å². The predicted octanol–water partition coefficient (Wildman–Crippen LogP) is 3.25. The smallest absolute Gasteiger partial charge is 0.243 e. The maximum absolute atomic E-state index is 13.5. The number of pyridine rings is 1. The Balaban J connectivity index is 1.51. The SMILES string of the molecule is COc1ccc(CN2CCCC23CCCN(Cc2ccccc2)C3=O)cn1. The molecule has 2 fully saturated rings. The molecule has 27 heavy (non-hydrogen) atoms. The molecule has 5 heteroatoms. The highest BCUT2D eigenvalue weighted by molar-refractivity contribution is 5.87. The van der Waals surface area contributed by atoms with Gasteiger partial charge in [0.2, 0.25) is 11.8 Å². The second-order valence-corrected chi connectivity index (χ2v) is 7.58. The molecule has 0 aliphatic carbocycles. The van der Waals surface area contributed by atoms with Crippen molar-refractivity contribution in [2.45, 2.75) is 44.3 Å². The summed E-state index contributed by atoms with van der Waals surface area (Å²) < 4.78 is 5.15. The number of ether oxygens (including phenoxy) is 1. The molecule has 3 heterocycles. The zero-order chi connectivity index (χ0) is 18.7. The van der Waals surface area contributed by atoms with E-state index in [1.54, 1.807) is 7.11 Å². The lowest BCUT2D eigenvalue weighted by atomic mass is 9.85. The Hall–Kier alpha value is -2.40. The quantitative estimate of drug-likeness (QED) is 0.816. The molecule has 4 rings (SSSR count). The van der Waals surface area contributed by atoms with Crippen LogP contribution in [0, 0.1) is 0 Å². The summed E-state index contributed by atoms with van der Waals surface area (Å²) in [5, 5.41) is 0. The number of nitrogens with zero attached hydrogens (tertiary/aromatic N) is 3. The number of methoxy groups -OCH3 is 1. The lowest BCUT2D eigenvalue weighted by Gasteiger charge is -2.44. The Labute approximate surface area is 161 Å². The van der Waals surface area contributed by atoms with Gasteiger partial charge >= 0.3 is 0 Å². The van der Waals surface area contributed by atoms with E-state index in [4.69, 9.17) is 4.74 Å². The fourth-order valence-corrected chi connectivity index (χ4v) is 4.56. The molecule has 1 amide bonds. The van der Waals surface area contributed by atoms with Crippen molar-refractivity contribution in [3.05, 3.63) is 59.8 Å². The number of carbonyl (C=O) groups is 1. The van der Waals surface area contributed by atoms with Crippen LogP contribution < -0.4 is 4.74 Å². The normalized spacial score (nSPS) is 23.1. The number of carbonyl (C=O) groups excluding carboxylic acids is 1. The van der Waals surface area contributed by atoms with Crippen LogP contribution in [0.2, 0.25) is 0 Å². The molecule has 0 bridgehead atoms. The minimum Gasteiger partial charge on any atom is -0.481 e. The molecule has 2 saturated heterocycles. The first kappa shape index (κ1) is 18.0. The minimum absolute atomic E-state index is 0.302. The maximum Gasteiger partial charge on any atom is 0.243 e. The summed E-state index contributed by atoms with van der Waals surface area (Å²) in [7, 11) is 1.62. The van der Waals surface area contributed by atoms with Gasteiger partial charge in [0.05, 0.1) is 7.11 Å². The van der Waals surface area contributed by atoms with Gasteiger partial charge in [-0.2, -0.15) is 0 Å². The van der Waals surface area contributed by atoms with Gasteiger partial charge in [-0.25, -0.2) is 4.98 Å². The molecule has 0 saturated carbocycles. The summed E-state index contributed by atoms with van der Waals surface area (Å²) in [5.41, 5.74) is 1.99. The van der Waals surface area contributed by atoms with Crippen LogP contribution in [0.1, 0.15) is 36.8 Å². The van der Waals surface area contributed by atoms with E-state index in [1.807, 2.05) is 36.5 Å². The average Bonchev–Trinajstić information content (AvgIpc) is 3.10. The number of piperidine rings is 1. The lowest BCUT2D eigenvalue weighted by Crippen LogP contribution is -2.59.